The highest BCUT2D eigenvalue weighted by Crippen LogP contribution is 2.17. The van der Waals surface area contributed by atoms with Gasteiger partial charge in [-0.15, -0.1) is 0 Å². The number of rotatable bonds is 3. The first kappa shape index (κ1) is 15.8. The Morgan fingerprint density at radius 1 is 1.09 bits per heavy atom. The second-order valence-corrected chi connectivity index (χ2v) is 6.31. The van der Waals surface area contributed by atoms with Gasteiger partial charge in [0.25, 0.3) is 0 Å². The minimum Gasteiger partial charge on any atom is -0.325 e. The van der Waals surface area contributed by atoms with Crippen molar-refractivity contribution < 1.29 is 4.79 Å². The minimum absolute atomic E-state index is 0.00260. The third-order valence-electron chi connectivity index (χ3n) is 4.60. The van der Waals surface area contributed by atoms with Crippen molar-refractivity contribution in [2.75, 3.05) is 18.4 Å². The first-order valence-electron chi connectivity index (χ1n) is 8.40. The van der Waals surface area contributed by atoms with Crippen LogP contribution in [0.2, 0.25) is 0 Å². The first-order valence-corrected chi connectivity index (χ1v) is 8.40. The van der Waals surface area contributed by atoms with Gasteiger partial charge in [0.15, 0.2) is 0 Å². The van der Waals surface area contributed by atoms with Gasteiger partial charge < -0.3 is 15.3 Å². The predicted octanol–water partition coefficient (Wildman–Crippen LogP) is 2.45. The summed E-state index contributed by atoms with van der Waals surface area (Å²) >= 11 is 0. The van der Waals surface area contributed by atoms with E-state index in [4.69, 9.17) is 0 Å². The second-order valence-electron chi connectivity index (χ2n) is 6.31. The van der Waals surface area contributed by atoms with Gasteiger partial charge in [0.1, 0.15) is 0 Å². The molecule has 1 aromatic carbocycles. The average molecular weight is 316 g/mol. The number of aromatic nitrogens is 2. The Morgan fingerprint density at radius 3 is 2.48 bits per heavy atom. The molecule has 6 nitrogen and oxygen atoms in total. The number of H-pyrrole nitrogens is 2. The van der Waals surface area contributed by atoms with Crippen molar-refractivity contribution in [3.05, 3.63) is 28.7 Å². The maximum Gasteiger partial charge on any atom is 0.323 e. The molecule has 0 saturated carbocycles. The topological polar surface area (TPSA) is 81.0 Å². The van der Waals surface area contributed by atoms with Crippen molar-refractivity contribution in [1.82, 2.24) is 14.9 Å². The Labute approximate surface area is 135 Å². The van der Waals surface area contributed by atoms with Crippen LogP contribution < -0.4 is 11.0 Å². The van der Waals surface area contributed by atoms with Gasteiger partial charge in [-0.05, 0) is 51.1 Å². The molecule has 1 aliphatic heterocycles. The number of nitrogens with zero attached hydrogens (tertiary/aromatic N) is 1. The van der Waals surface area contributed by atoms with Gasteiger partial charge in [-0.2, -0.15) is 0 Å². The fraction of sp³-hybridized carbons (Fsp3) is 0.529. The molecule has 0 aliphatic carbocycles. The number of amides is 1. The molecule has 2 heterocycles. The molecule has 0 spiro atoms. The summed E-state index contributed by atoms with van der Waals surface area (Å²) in [6.45, 7) is 3.94. The molecule has 1 saturated heterocycles. The number of hydrogen-bond donors (Lipinski definition) is 3. The number of imidazole rings is 1. The summed E-state index contributed by atoms with van der Waals surface area (Å²) in [5.41, 5.74) is 1.91. The van der Waals surface area contributed by atoms with E-state index < -0.39 is 0 Å². The molecule has 1 atom stereocenters. The lowest BCUT2D eigenvalue weighted by molar-refractivity contribution is -0.120. The van der Waals surface area contributed by atoms with Gasteiger partial charge in [-0.25, -0.2) is 4.79 Å². The monoisotopic (exact) mass is 316 g/mol. The summed E-state index contributed by atoms with van der Waals surface area (Å²) in [5, 5.41) is 2.96. The van der Waals surface area contributed by atoms with Crippen LogP contribution in [0.5, 0.6) is 0 Å². The minimum atomic E-state index is -0.238. The predicted molar refractivity (Wildman–Crippen MR) is 91.7 cm³/mol. The maximum absolute atomic E-state index is 12.5. The van der Waals surface area contributed by atoms with Gasteiger partial charge in [-0.1, -0.05) is 19.3 Å². The summed E-state index contributed by atoms with van der Waals surface area (Å²) < 4.78 is 0. The Kier molecular flexibility index (Phi) is 4.81. The van der Waals surface area contributed by atoms with E-state index in [-0.39, 0.29) is 17.6 Å². The normalized spacial score (nSPS) is 18.3. The van der Waals surface area contributed by atoms with Crippen LogP contribution in [0.1, 0.15) is 39.0 Å². The van der Waals surface area contributed by atoms with Gasteiger partial charge in [0, 0.05) is 5.69 Å². The average Bonchev–Trinajstić information content (AvgIpc) is 2.85. The molecule has 1 fully saturated rings. The SMILES string of the molecule is C[C@@H](C(=O)Nc1ccc2[nH]c(=O)[nH]c2c1)N1CCCCCCC1. The fourth-order valence-electron chi connectivity index (χ4n) is 3.18. The molecule has 3 rings (SSSR count). The molecule has 0 bridgehead atoms. The summed E-state index contributed by atoms with van der Waals surface area (Å²) in [7, 11) is 0. The second kappa shape index (κ2) is 7.00. The van der Waals surface area contributed by atoms with E-state index in [0.717, 1.165) is 31.4 Å². The van der Waals surface area contributed by atoms with E-state index >= 15 is 0 Å². The van der Waals surface area contributed by atoms with Gasteiger partial charge in [0.05, 0.1) is 17.1 Å². The number of likely N-dealkylation sites (tertiary alicyclic amines) is 1. The smallest absolute Gasteiger partial charge is 0.323 e. The van der Waals surface area contributed by atoms with Crippen LogP contribution in [-0.2, 0) is 4.79 Å². The zero-order chi connectivity index (χ0) is 16.2. The number of carbonyl (C=O) groups is 1. The van der Waals surface area contributed by atoms with E-state index in [0.29, 0.717) is 11.2 Å². The summed E-state index contributed by atoms with van der Waals surface area (Å²) in [6.07, 6.45) is 6.14. The van der Waals surface area contributed by atoms with Gasteiger partial charge in [0.2, 0.25) is 5.91 Å². The van der Waals surface area contributed by atoms with E-state index in [1.54, 1.807) is 12.1 Å². The van der Waals surface area contributed by atoms with Crippen molar-refractivity contribution in [2.24, 2.45) is 0 Å². The van der Waals surface area contributed by atoms with E-state index in [2.05, 4.69) is 20.2 Å². The summed E-state index contributed by atoms with van der Waals surface area (Å²) in [5.74, 6) is 0.00260. The summed E-state index contributed by atoms with van der Waals surface area (Å²) in [4.78, 5) is 31.5. The van der Waals surface area contributed by atoms with Crippen LogP contribution in [0, 0.1) is 0 Å². The highest BCUT2D eigenvalue weighted by Gasteiger charge is 2.21. The highest BCUT2D eigenvalue weighted by molar-refractivity contribution is 5.96. The first-order chi connectivity index (χ1) is 11.1. The number of anilines is 1. The fourth-order valence-corrected chi connectivity index (χ4v) is 3.18. The van der Waals surface area contributed by atoms with Crippen molar-refractivity contribution in [1.29, 1.82) is 0 Å². The van der Waals surface area contributed by atoms with Crippen LogP contribution in [0.25, 0.3) is 11.0 Å². The van der Waals surface area contributed by atoms with Crippen LogP contribution in [-0.4, -0.2) is 39.9 Å². The van der Waals surface area contributed by atoms with E-state index in [1.807, 2.05) is 13.0 Å². The Balaban J connectivity index is 1.67. The molecule has 2 aromatic rings. The maximum atomic E-state index is 12.5. The van der Waals surface area contributed by atoms with Gasteiger partial charge in [-0.3, -0.25) is 9.69 Å². The van der Waals surface area contributed by atoms with Crippen molar-refractivity contribution in [3.63, 3.8) is 0 Å². The van der Waals surface area contributed by atoms with Crippen LogP contribution in [0.15, 0.2) is 23.0 Å². The molecule has 0 unspecified atom stereocenters. The molecular formula is C17H24N4O2. The highest BCUT2D eigenvalue weighted by atomic mass is 16.2. The molecule has 23 heavy (non-hydrogen) atoms. The molecule has 1 aromatic heterocycles. The number of benzene rings is 1. The van der Waals surface area contributed by atoms with Crippen LogP contribution in [0.4, 0.5) is 5.69 Å². The number of nitrogens with one attached hydrogen (secondary N) is 3. The van der Waals surface area contributed by atoms with Crippen molar-refractivity contribution >= 4 is 22.6 Å². The molecular weight excluding hydrogens is 292 g/mol. The lowest BCUT2D eigenvalue weighted by Crippen LogP contribution is -2.43. The number of carbonyl (C=O) groups excluding carboxylic acids is 1. The van der Waals surface area contributed by atoms with Crippen LogP contribution >= 0.6 is 0 Å². The quantitative estimate of drug-likeness (QED) is 0.813. The zero-order valence-electron chi connectivity index (χ0n) is 13.5. The molecule has 6 heteroatoms. The molecule has 1 amide bonds. The number of hydrogen-bond acceptors (Lipinski definition) is 3. The third kappa shape index (κ3) is 3.82. The van der Waals surface area contributed by atoms with Gasteiger partial charge >= 0.3 is 5.69 Å². The van der Waals surface area contributed by atoms with E-state index in [1.165, 1.54) is 19.3 Å². The Morgan fingerprint density at radius 2 is 1.74 bits per heavy atom. The number of fused-ring (bicyclic) bond motifs is 1. The largest absolute Gasteiger partial charge is 0.325 e. The van der Waals surface area contributed by atoms with Crippen molar-refractivity contribution in [3.8, 4) is 0 Å². The summed E-state index contributed by atoms with van der Waals surface area (Å²) in [6, 6.07) is 5.24. The Bertz CT molecular complexity index is 726. The lowest BCUT2D eigenvalue weighted by atomic mass is 10.1. The number of aromatic amines is 2. The van der Waals surface area contributed by atoms with Crippen molar-refractivity contribution in [2.45, 2.75) is 45.1 Å². The molecule has 124 valence electrons. The third-order valence-corrected chi connectivity index (χ3v) is 4.60. The lowest BCUT2D eigenvalue weighted by Gasteiger charge is -2.29. The van der Waals surface area contributed by atoms with Crippen LogP contribution in [0.3, 0.4) is 0 Å². The zero-order valence-corrected chi connectivity index (χ0v) is 13.5. The van der Waals surface area contributed by atoms with E-state index in [9.17, 15) is 9.59 Å². The molecule has 3 N–H and O–H groups in total. The standard InChI is InChI=1S/C17H24N4O2/c1-12(21-9-5-3-2-4-6-10-21)16(22)18-13-7-8-14-15(11-13)20-17(23)19-14/h7-8,11-12H,2-6,9-10H2,1H3,(H,18,22)(H2,19,20,23)/t12-/m0/s1. The molecule has 1 aliphatic rings. The molecule has 0 radical (unpaired) electrons. The Hall–Kier alpha value is -2.08.